The third-order valence-electron chi connectivity index (χ3n) is 2.96. The fraction of sp³-hybridized carbons (Fsp3) is 0.583. The predicted molar refractivity (Wildman–Crippen MR) is 64.1 cm³/mol. The van der Waals surface area contributed by atoms with Crippen LogP contribution in [-0.2, 0) is 16.0 Å². The summed E-state index contributed by atoms with van der Waals surface area (Å²) in [6.07, 6.45) is 4.99. The lowest BCUT2D eigenvalue weighted by atomic mass is 10.1. The first-order valence-corrected chi connectivity index (χ1v) is 6.68. The molecule has 0 amide bonds. The molecule has 1 atom stereocenters. The molecular weight excluding hydrogens is 222 g/mol. The van der Waals surface area contributed by atoms with E-state index in [9.17, 15) is 0 Å². The second kappa shape index (κ2) is 4.55. The van der Waals surface area contributed by atoms with Gasteiger partial charge in [-0.05, 0) is 37.1 Å². The molecule has 1 saturated heterocycles. The van der Waals surface area contributed by atoms with E-state index >= 15 is 0 Å². The van der Waals surface area contributed by atoms with E-state index in [-0.39, 0.29) is 6.10 Å². The van der Waals surface area contributed by atoms with Crippen LogP contribution in [0.4, 0.5) is 0 Å². The molecule has 0 aromatic carbocycles. The van der Waals surface area contributed by atoms with Crippen molar-refractivity contribution < 1.29 is 9.57 Å². The third-order valence-corrected chi connectivity index (χ3v) is 3.94. The Kier molecular flexibility index (Phi) is 2.93. The molecule has 0 saturated carbocycles. The Bertz CT molecular complexity index is 395. The molecule has 1 aromatic rings. The molecule has 2 heterocycles. The van der Waals surface area contributed by atoms with Gasteiger partial charge >= 0.3 is 0 Å². The van der Waals surface area contributed by atoms with Gasteiger partial charge in [0.15, 0.2) is 0 Å². The van der Waals surface area contributed by atoms with Crippen LogP contribution in [0.25, 0.3) is 0 Å². The van der Waals surface area contributed by atoms with Gasteiger partial charge in [0, 0.05) is 10.4 Å². The van der Waals surface area contributed by atoms with Crippen LogP contribution < -0.4 is 0 Å². The van der Waals surface area contributed by atoms with Crippen molar-refractivity contribution in [2.75, 3.05) is 13.2 Å². The highest BCUT2D eigenvalue weighted by atomic mass is 32.1. The number of oxime groups is 1. The van der Waals surface area contributed by atoms with E-state index in [0.717, 1.165) is 18.7 Å². The van der Waals surface area contributed by atoms with Crippen molar-refractivity contribution in [1.29, 1.82) is 0 Å². The van der Waals surface area contributed by atoms with Crippen LogP contribution >= 0.6 is 11.3 Å². The molecule has 86 valence electrons. The highest BCUT2D eigenvalue weighted by Gasteiger charge is 2.23. The minimum Gasteiger partial charge on any atom is -0.393 e. The first kappa shape index (κ1) is 10.3. The monoisotopic (exact) mass is 237 g/mol. The van der Waals surface area contributed by atoms with Crippen molar-refractivity contribution in [2.24, 2.45) is 5.16 Å². The van der Waals surface area contributed by atoms with Crippen molar-refractivity contribution in [1.82, 2.24) is 0 Å². The van der Waals surface area contributed by atoms with Gasteiger partial charge in [0.25, 0.3) is 0 Å². The molecule has 1 aliphatic heterocycles. The maximum atomic E-state index is 5.35. The van der Waals surface area contributed by atoms with Gasteiger partial charge in [-0.1, -0.05) is 5.16 Å². The van der Waals surface area contributed by atoms with E-state index in [4.69, 9.17) is 9.57 Å². The lowest BCUT2D eigenvalue weighted by Crippen LogP contribution is -2.03. The van der Waals surface area contributed by atoms with Crippen LogP contribution in [0.3, 0.4) is 0 Å². The van der Waals surface area contributed by atoms with Gasteiger partial charge in [0.05, 0.1) is 12.3 Å². The largest absolute Gasteiger partial charge is 0.393 e. The summed E-state index contributed by atoms with van der Waals surface area (Å²) in [6, 6.07) is 2.17. The van der Waals surface area contributed by atoms with E-state index in [1.807, 2.05) is 11.3 Å². The quantitative estimate of drug-likeness (QED) is 0.460. The molecule has 4 heteroatoms. The summed E-state index contributed by atoms with van der Waals surface area (Å²) in [4.78, 5) is 6.81. The maximum absolute atomic E-state index is 5.35. The summed E-state index contributed by atoms with van der Waals surface area (Å²) in [7, 11) is 0. The second-order valence-electron chi connectivity index (χ2n) is 4.25. The number of thiophene rings is 1. The van der Waals surface area contributed by atoms with Gasteiger partial charge in [-0.2, -0.15) is 0 Å². The molecule has 1 fully saturated rings. The fourth-order valence-electron chi connectivity index (χ4n) is 1.96. The molecule has 3 rings (SSSR count). The first-order chi connectivity index (χ1) is 7.93. The van der Waals surface area contributed by atoms with E-state index < -0.39 is 0 Å². The molecule has 0 radical (unpaired) electrons. The van der Waals surface area contributed by atoms with Crippen molar-refractivity contribution in [2.45, 2.75) is 31.8 Å². The summed E-state index contributed by atoms with van der Waals surface area (Å²) < 4.78 is 5.08. The number of fused-ring (bicyclic) bond motifs is 1. The van der Waals surface area contributed by atoms with Gasteiger partial charge in [0.1, 0.15) is 12.7 Å². The Balaban J connectivity index is 1.72. The van der Waals surface area contributed by atoms with Crippen LogP contribution in [0.15, 0.2) is 16.6 Å². The average molecular weight is 237 g/mol. The number of hydrogen-bond acceptors (Lipinski definition) is 4. The molecule has 16 heavy (non-hydrogen) atoms. The Morgan fingerprint density at radius 1 is 1.44 bits per heavy atom. The van der Waals surface area contributed by atoms with E-state index in [1.54, 1.807) is 0 Å². The van der Waals surface area contributed by atoms with Gasteiger partial charge in [-0.25, -0.2) is 0 Å². The van der Waals surface area contributed by atoms with E-state index in [2.05, 4.69) is 16.6 Å². The summed E-state index contributed by atoms with van der Waals surface area (Å²) in [5, 5.41) is 6.43. The summed E-state index contributed by atoms with van der Waals surface area (Å²) in [6.45, 7) is 1.43. The molecule has 3 nitrogen and oxygen atoms in total. The van der Waals surface area contributed by atoms with Gasteiger partial charge in [0.2, 0.25) is 0 Å². The lowest BCUT2D eigenvalue weighted by molar-refractivity contribution is 0.124. The van der Waals surface area contributed by atoms with Crippen molar-refractivity contribution >= 4 is 17.0 Å². The minimum atomic E-state index is 0.289. The standard InChI is InChI=1S/C12H15NO2S/c1-2-4-12-10(5-6-16-12)11(3-1)13-15-8-9-7-14-9/h5-6,9H,1-4,7-8H2/b13-11+. The number of ether oxygens (including phenoxy) is 1. The molecule has 2 aliphatic rings. The maximum Gasteiger partial charge on any atom is 0.145 e. The Morgan fingerprint density at radius 2 is 2.31 bits per heavy atom. The predicted octanol–water partition coefficient (Wildman–Crippen LogP) is 2.59. The van der Waals surface area contributed by atoms with Crippen molar-refractivity contribution in [3.05, 3.63) is 21.9 Å². The SMILES string of the molecule is c1cc2c(s1)CCCC/C2=N\OCC1CO1. The van der Waals surface area contributed by atoms with Crippen molar-refractivity contribution in [3.63, 3.8) is 0 Å². The third kappa shape index (κ3) is 2.28. The van der Waals surface area contributed by atoms with Gasteiger partial charge in [-0.15, -0.1) is 11.3 Å². The molecular formula is C12H15NO2S. The molecule has 0 spiro atoms. The molecule has 0 bridgehead atoms. The summed E-state index contributed by atoms with van der Waals surface area (Å²) in [5.41, 5.74) is 2.42. The van der Waals surface area contributed by atoms with E-state index in [0.29, 0.717) is 6.61 Å². The van der Waals surface area contributed by atoms with Crippen LogP contribution in [0.2, 0.25) is 0 Å². The Labute approximate surface area is 99.1 Å². The molecule has 1 aliphatic carbocycles. The normalized spacial score (nSPS) is 26.2. The van der Waals surface area contributed by atoms with Crippen LogP contribution in [0.1, 0.15) is 29.7 Å². The zero-order chi connectivity index (χ0) is 10.8. The minimum absolute atomic E-state index is 0.289. The molecule has 0 N–H and O–H groups in total. The Morgan fingerprint density at radius 3 is 3.19 bits per heavy atom. The average Bonchev–Trinajstić information content (AvgIpc) is 3.04. The van der Waals surface area contributed by atoms with Crippen molar-refractivity contribution in [3.8, 4) is 0 Å². The number of nitrogens with zero attached hydrogens (tertiary/aromatic N) is 1. The number of epoxide rings is 1. The molecule has 1 unspecified atom stereocenters. The lowest BCUT2D eigenvalue weighted by Gasteiger charge is -2.02. The fourth-order valence-corrected chi connectivity index (χ4v) is 2.90. The van der Waals surface area contributed by atoms with Crippen LogP contribution in [-0.4, -0.2) is 25.0 Å². The second-order valence-corrected chi connectivity index (χ2v) is 5.25. The van der Waals surface area contributed by atoms with Gasteiger partial charge in [-0.3, -0.25) is 0 Å². The summed E-state index contributed by atoms with van der Waals surface area (Å²) in [5.74, 6) is 0. The highest BCUT2D eigenvalue weighted by Crippen LogP contribution is 2.26. The first-order valence-electron chi connectivity index (χ1n) is 5.80. The van der Waals surface area contributed by atoms with Crippen LogP contribution in [0, 0.1) is 0 Å². The topological polar surface area (TPSA) is 34.1 Å². The number of rotatable bonds is 3. The summed E-state index contributed by atoms with van der Waals surface area (Å²) >= 11 is 1.83. The van der Waals surface area contributed by atoms with E-state index in [1.165, 1.54) is 29.7 Å². The number of hydrogen-bond donors (Lipinski definition) is 0. The molecule has 1 aromatic heterocycles. The Hall–Kier alpha value is -0.870. The highest BCUT2D eigenvalue weighted by molar-refractivity contribution is 7.10. The van der Waals surface area contributed by atoms with Gasteiger partial charge < -0.3 is 9.57 Å². The number of aryl methyl sites for hydroxylation is 1. The van der Waals surface area contributed by atoms with Crippen LogP contribution in [0.5, 0.6) is 0 Å². The zero-order valence-corrected chi connectivity index (χ0v) is 9.96. The smallest absolute Gasteiger partial charge is 0.145 e. The zero-order valence-electron chi connectivity index (χ0n) is 9.15.